The van der Waals surface area contributed by atoms with Gasteiger partial charge in [-0.25, -0.2) is 4.39 Å². The lowest BCUT2D eigenvalue weighted by Crippen LogP contribution is -2.40. The Labute approximate surface area is 143 Å². The van der Waals surface area contributed by atoms with Crippen LogP contribution in [0.25, 0.3) is 0 Å². The van der Waals surface area contributed by atoms with Gasteiger partial charge in [-0.15, -0.1) is 0 Å². The Morgan fingerprint density at radius 1 is 1.25 bits per heavy atom. The van der Waals surface area contributed by atoms with Crippen LogP contribution >= 0.6 is 0 Å². The Morgan fingerprint density at radius 3 is 2.46 bits per heavy atom. The van der Waals surface area contributed by atoms with E-state index < -0.39 is 5.41 Å². The summed E-state index contributed by atoms with van der Waals surface area (Å²) in [6.07, 6.45) is 1.74. The first-order valence-corrected chi connectivity index (χ1v) is 8.80. The summed E-state index contributed by atoms with van der Waals surface area (Å²) in [5.74, 6) is -0.195. The molecule has 3 rings (SSSR count). The number of carbonyl (C=O) groups excluding carboxylic acids is 1. The lowest BCUT2D eigenvalue weighted by molar-refractivity contribution is -0.124. The summed E-state index contributed by atoms with van der Waals surface area (Å²) in [4.78, 5) is 15.2. The van der Waals surface area contributed by atoms with Crippen molar-refractivity contribution in [2.45, 2.75) is 32.1 Å². The number of nitrogens with zero attached hydrogens (tertiary/aromatic N) is 1. The van der Waals surface area contributed by atoms with Gasteiger partial charge in [-0.3, -0.25) is 9.69 Å². The predicted molar refractivity (Wildman–Crippen MR) is 91.4 cm³/mol. The van der Waals surface area contributed by atoms with E-state index in [0.717, 1.165) is 51.3 Å². The summed E-state index contributed by atoms with van der Waals surface area (Å²) in [6, 6.07) is 6.38. The normalized spacial score (nSPS) is 26.1. The molecular formula is C19H27FN2O2. The molecule has 0 unspecified atom stereocenters. The molecule has 2 fully saturated rings. The molecule has 0 bridgehead atoms. The quantitative estimate of drug-likeness (QED) is 0.812. The van der Waals surface area contributed by atoms with Gasteiger partial charge in [0.1, 0.15) is 5.82 Å². The number of nitrogens with one attached hydrogen (secondary N) is 1. The lowest BCUT2D eigenvalue weighted by Gasteiger charge is -2.26. The van der Waals surface area contributed by atoms with E-state index in [1.807, 2.05) is 0 Å². The van der Waals surface area contributed by atoms with Crippen LogP contribution in [0.1, 0.15) is 32.3 Å². The van der Waals surface area contributed by atoms with Crippen molar-refractivity contribution in [3.05, 3.63) is 35.6 Å². The molecule has 1 saturated heterocycles. The number of carbonyl (C=O) groups is 1. The van der Waals surface area contributed by atoms with Gasteiger partial charge in [0.15, 0.2) is 0 Å². The molecule has 132 valence electrons. The molecule has 24 heavy (non-hydrogen) atoms. The Bertz CT molecular complexity index is 582. The third-order valence-electron chi connectivity index (χ3n) is 5.50. The smallest absolute Gasteiger partial charge is 0.231 e. The number of hydrogen-bond donors (Lipinski definition) is 1. The van der Waals surface area contributed by atoms with Crippen molar-refractivity contribution in [2.24, 2.45) is 5.41 Å². The first-order chi connectivity index (χ1) is 11.5. The van der Waals surface area contributed by atoms with Crippen LogP contribution in [0.2, 0.25) is 0 Å². The van der Waals surface area contributed by atoms with Crippen molar-refractivity contribution in [3.63, 3.8) is 0 Å². The van der Waals surface area contributed by atoms with E-state index in [4.69, 9.17) is 4.74 Å². The van der Waals surface area contributed by atoms with E-state index in [9.17, 15) is 9.18 Å². The summed E-state index contributed by atoms with van der Waals surface area (Å²) in [6.45, 7) is 9.41. The molecule has 5 heteroatoms. The Kier molecular flexibility index (Phi) is 4.92. The first-order valence-electron chi connectivity index (χ1n) is 8.80. The molecule has 1 amide bonds. The van der Waals surface area contributed by atoms with Crippen molar-refractivity contribution in [1.29, 1.82) is 0 Å². The third-order valence-corrected chi connectivity index (χ3v) is 5.50. The number of hydrogen-bond acceptors (Lipinski definition) is 3. The van der Waals surface area contributed by atoms with E-state index in [1.54, 1.807) is 12.1 Å². The van der Waals surface area contributed by atoms with Gasteiger partial charge in [0.25, 0.3) is 0 Å². The molecule has 1 aliphatic heterocycles. The van der Waals surface area contributed by atoms with Gasteiger partial charge in [-0.05, 0) is 42.5 Å². The van der Waals surface area contributed by atoms with Crippen LogP contribution in [0, 0.1) is 11.2 Å². The summed E-state index contributed by atoms with van der Waals surface area (Å²) in [5.41, 5.74) is 0.318. The number of rotatable bonds is 6. The average Bonchev–Trinajstić information content (AvgIpc) is 3.17. The minimum absolute atomic E-state index is 0.0704. The summed E-state index contributed by atoms with van der Waals surface area (Å²) in [5, 5.41) is 3.10. The Balaban J connectivity index is 1.55. The van der Waals surface area contributed by atoms with E-state index in [2.05, 4.69) is 24.1 Å². The molecule has 1 atom stereocenters. The van der Waals surface area contributed by atoms with Crippen LogP contribution in [0.15, 0.2) is 24.3 Å². The molecule has 0 aromatic heterocycles. The molecule has 0 spiro atoms. The predicted octanol–water partition coefficient (Wildman–Crippen LogP) is 2.33. The molecule has 1 aliphatic carbocycles. The molecule has 1 aromatic carbocycles. The zero-order valence-corrected chi connectivity index (χ0v) is 14.6. The zero-order chi connectivity index (χ0) is 17.2. The molecule has 1 N–H and O–H groups in total. The van der Waals surface area contributed by atoms with Gasteiger partial charge in [0.05, 0.1) is 18.6 Å². The van der Waals surface area contributed by atoms with Crippen molar-refractivity contribution in [2.75, 3.05) is 39.4 Å². The van der Waals surface area contributed by atoms with Crippen LogP contribution in [0.4, 0.5) is 4.39 Å². The molecule has 2 aliphatic rings. The number of halogens is 1. The van der Waals surface area contributed by atoms with Gasteiger partial charge in [0, 0.05) is 19.6 Å². The molecule has 4 nitrogen and oxygen atoms in total. The van der Waals surface area contributed by atoms with Crippen LogP contribution in [-0.4, -0.2) is 50.2 Å². The monoisotopic (exact) mass is 334 g/mol. The maximum absolute atomic E-state index is 13.2. The van der Waals surface area contributed by atoms with Crippen molar-refractivity contribution >= 4 is 5.91 Å². The van der Waals surface area contributed by atoms with E-state index in [1.165, 1.54) is 12.1 Å². The van der Waals surface area contributed by atoms with Crippen LogP contribution in [0.5, 0.6) is 0 Å². The van der Waals surface area contributed by atoms with E-state index in [0.29, 0.717) is 6.54 Å². The Hall–Kier alpha value is -1.46. The maximum Gasteiger partial charge on any atom is 0.231 e. The van der Waals surface area contributed by atoms with Crippen LogP contribution < -0.4 is 5.32 Å². The zero-order valence-electron chi connectivity index (χ0n) is 14.6. The van der Waals surface area contributed by atoms with Gasteiger partial charge < -0.3 is 10.1 Å². The highest BCUT2D eigenvalue weighted by molar-refractivity contribution is 5.93. The summed E-state index contributed by atoms with van der Waals surface area (Å²) < 4.78 is 18.5. The summed E-state index contributed by atoms with van der Waals surface area (Å²) >= 11 is 0. The number of ether oxygens (including phenoxy) is 1. The third kappa shape index (κ3) is 3.33. The van der Waals surface area contributed by atoms with Crippen LogP contribution in [-0.2, 0) is 14.9 Å². The second kappa shape index (κ2) is 6.81. The van der Waals surface area contributed by atoms with Gasteiger partial charge >= 0.3 is 0 Å². The molecule has 0 radical (unpaired) electrons. The van der Waals surface area contributed by atoms with Crippen LogP contribution in [0.3, 0.4) is 0 Å². The highest BCUT2D eigenvalue weighted by atomic mass is 19.1. The Morgan fingerprint density at radius 2 is 1.88 bits per heavy atom. The average molecular weight is 334 g/mol. The fourth-order valence-electron chi connectivity index (χ4n) is 3.84. The van der Waals surface area contributed by atoms with Gasteiger partial charge in [-0.1, -0.05) is 26.0 Å². The minimum atomic E-state index is -0.514. The topological polar surface area (TPSA) is 41.6 Å². The van der Waals surface area contributed by atoms with E-state index >= 15 is 0 Å². The lowest BCUT2D eigenvalue weighted by atomic mass is 9.87. The maximum atomic E-state index is 13.2. The minimum Gasteiger partial charge on any atom is -0.379 e. The highest BCUT2D eigenvalue weighted by Crippen LogP contribution is 2.64. The highest BCUT2D eigenvalue weighted by Gasteiger charge is 2.66. The second-order valence-corrected chi connectivity index (χ2v) is 7.54. The standard InChI is InChI=1S/C19H27FN2O2/c1-18(2)14-19(18,15-4-6-16(20)7-5-15)17(23)21-8-3-9-22-10-12-24-13-11-22/h4-7H,3,8-14H2,1-2H3,(H,21,23)/t19-/m1/s1. The number of morpholine rings is 1. The van der Waals surface area contributed by atoms with Gasteiger partial charge in [-0.2, -0.15) is 0 Å². The number of benzene rings is 1. The first kappa shape index (κ1) is 17.4. The van der Waals surface area contributed by atoms with E-state index in [-0.39, 0.29) is 17.1 Å². The SMILES string of the molecule is CC1(C)C[C@]1(C(=O)NCCCN1CCOCC1)c1ccc(F)cc1. The van der Waals surface area contributed by atoms with Crippen molar-refractivity contribution in [3.8, 4) is 0 Å². The summed E-state index contributed by atoms with van der Waals surface area (Å²) in [7, 11) is 0. The largest absolute Gasteiger partial charge is 0.379 e. The molecular weight excluding hydrogens is 307 g/mol. The molecule has 1 aromatic rings. The number of amides is 1. The molecule has 1 heterocycles. The second-order valence-electron chi connectivity index (χ2n) is 7.54. The molecule has 1 saturated carbocycles. The fourth-order valence-corrected chi connectivity index (χ4v) is 3.84. The fraction of sp³-hybridized carbons (Fsp3) is 0.632. The van der Waals surface area contributed by atoms with Crippen molar-refractivity contribution < 1.29 is 13.9 Å². The van der Waals surface area contributed by atoms with Crippen molar-refractivity contribution in [1.82, 2.24) is 10.2 Å². The van der Waals surface area contributed by atoms with Gasteiger partial charge in [0.2, 0.25) is 5.91 Å².